The van der Waals surface area contributed by atoms with E-state index in [4.69, 9.17) is 9.15 Å². The third-order valence-corrected chi connectivity index (χ3v) is 5.17. The highest BCUT2D eigenvalue weighted by Gasteiger charge is 2.26. The van der Waals surface area contributed by atoms with Crippen LogP contribution in [0.25, 0.3) is 0 Å². The van der Waals surface area contributed by atoms with E-state index in [2.05, 4.69) is 5.32 Å². The van der Waals surface area contributed by atoms with Gasteiger partial charge in [-0.2, -0.15) is 0 Å². The van der Waals surface area contributed by atoms with E-state index in [1.165, 1.54) is 0 Å². The molecule has 0 saturated heterocycles. The van der Waals surface area contributed by atoms with Gasteiger partial charge in [-0.3, -0.25) is 9.59 Å². The van der Waals surface area contributed by atoms with Gasteiger partial charge >= 0.3 is 0 Å². The number of nitrogens with one attached hydrogen (secondary N) is 1. The molecule has 3 aromatic rings. The highest BCUT2D eigenvalue weighted by molar-refractivity contribution is 5.87. The lowest BCUT2D eigenvalue weighted by atomic mass is 10.1. The first-order valence-electron chi connectivity index (χ1n) is 10.3. The van der Waals surface area contributed by atoms with Crippen molar-refractivity contribution in [3.05, 3.63) is 89.9 Å². The number of nitrogens with zero attached hydrogens (tertiary/aromatic N) is 1. The maximum atomic E-state index is 13.1. The summed E-state index contributed by atoms with van der Waals surface area (Å²) in [7, 11) is 1.61. The Hall–Kier alpha value is -3.54. The van der Waals surface area contributed by atoms with Crippen LogP contribution in [0.2, 0.25) is 0 Å². The molecular formula is C25H28N2O4. The number of aryl methyl sites for hydroxylation is 1. The van der Waals surface area contributed by atoms with Crippen molar-refractivity contribution in [2.75, 3.05) is 7.11 Å². The van der Waals surface area contributed by atoms with E-state index in [-0.39, 0.29) is 18.4 Å². The Morgan fingerprint density at radius 1 is 1.00 bits per heavy atom. The molecule has 3 rings (SSSR count). The first-order valence-corrected chi connectivity index (χ1v) is 10.3. The number of methoxy groups -OCH3 is 1. The van der Waals surface area contributed by atoms with E-state index in [0.717, 1.165) is 16.9 Å². The molecule has 6 heteroatoms. The molecule has 0 spiro atoms. The number of hydrogen-bond acceptors (Lipinski definition) is 4. The normalized spacial score (nSPS) is 11.5. The van der Waals surface area contributed by atoms with E-state index in [9.17, 15) is 9.59 Å². The molecule has 1 unspecified atom stereocenters. The molecule has 2 amide bonds. The lowest BCUT2D eigenvalue weighted by molar-refractivity contribution is -0.140. The van der Waals surface area contributed by atoms with E-state index in [1.807, 2.05) is 54.6 Å². The summed E-state index contributed by atoms with van der Waals surface area (Å²) in [6, 6.07) is 20.3. The van der Waals surface area contributed by atoms with Crippen molar-refractivity contribution in [1.82, 2.24) is 10.2 Å². The second-order valence-corrected chi connectivity index (χ2v) is 7.33. The number of amides is 2. The molecule has 0 aliphatic carbocycles. The third-order valence-electron chi connectivity index (χ3n) is 5.17. The molecule has 31 heavy (non-hydrogen) atoms. The van der Waals surface area contributed by atoms with Crippen LogP contribution in [-0.2, 0) is 29.1 Å². The predicted molar refractivity (Wildman–Crippen MR) is 118 cm³/mol. The Balaban J connectivity index is 1.69. The molecule has 1 heterocycles. The predicted octanol–water partition coefficient (Wildman–Crippen LogP) is 3.95. The van der Waals surface area contributed by atoms with Crippen molar-refractivity contribution in [3.8, 4) is 5.75 Å². The summed E-state index contributed by atoms with van der Waals surface area (Å²) in [5, 5.41) is 2.85. The molecule has 2 aromatic carbocycles. The lowest BCUT2D eigenvalue weighted by Crippen LogP contribution is -2.47. The van der Waals surface area contributed by atoms with Gasteiger partial charge in [0.05, 0.1) is 19.9 Å². The van der Waals surface area contributed by atoms with Gasteiger partial charge in [-0.25, -0.2) is 0 Å². The number of benzene rings is 2. The van der Waals surface area contributed by atoms with Crippen LogP contribution in [0.3, 0.4) is 0 Å². The fourth-order valence-electron chi connectivity index (χ4n) is 3.28. The van der Waals surface area contributed by atoms with Crippen LogP contribution in [0.1, 0.15) is 30.2 Å². The maximum Gasteiger partial charge on any atom is 0.242 e. The standard InChI is InChI=1S/C25H28N2O4/c1-19(25(29)26-17-23-9-6-16-31-23)27(18-21-10-13-22(30-2)14-11-21)24(28)15-12-20-7-4-3-5-8-20/h3-11,13-14,16,19H,12,15,17-18H2,1-2H3,(H,26,29). The average molecular weight is 421 g/mol. The first kappa shape index (κ1) is 22.2. The third kappa shape index (κ3) is 6.47. The average Bonchev–Trinajstić information content (AvgIpc) is 3.34. The van der Waals surface area contributed by atoms with Crippen LogP contribution < -0.4 is 10.1 Å². The summed E-state index contributed by atoms with van der Waals surface area (Å²) in [6.45, 7) is 2.37. The number of rotatable bonds is 10. The van der Waals surface area contributed by atoms with Crippen molar-refractivity contribution in [1.29, 1.82) is 0 Å². The van der Waals surface area contributed by atoms with Gasteiger partial charge in [-0.1, -0.05) is 42.5 Å². The van der Waals surface area contributed by atoms with Gasteiger partial charge in [0.2, 0.25) is 11.8 Å². The minimum Gasteiger partial charge on any atom is -0.497 e. The van der Waals surface area contributed by atoms with Crippen molar-refractivity contribution in [2.45, 2.75) is 38.9 Å². The molecule has 1 N–H and O–H groups in total. The number of furan rings is 1. The summed E-state index contributed by atoms with van der Waals surface area (Å²) < 4.78 is 10.5. The van der Waals surface area contributed by atoms with Crippen LogP contribution in [0.15, 0.2) is 77.4 Å². The zero-order valence-electron chi connectivity index (χ0n) is 17.9. The van der Waals surface area contributed by atoms with Gasteiger partial charge in [-0.05, 0) is 48.7 Å². The van der Waals surface area contributed by atoms with Gasteiger partial charge in [-0.15, -0.1) is 0 Å². The van der Waals surface area contributed by atoms with E-state index >= 15 is 0 Å². The first-order chi connectivity index (χ1) is 15.1. The van der Waals surface area contributed by atoms with Crippen LogP contribution in [0.5, 0.6) is 5.75 Å². The highest BCUT2D eigenvalue weighted by atomic mass is 16.5. The summed E-state index contributed by atoms with van der Waals surface area (Å²) in [5.74, 6) is 1.12. The lowest BCUT2D eigenvalue weighted by Gasteiger charge is -2.29. The fourth-order valence-corrected chi connectivity index (χ4v) is 3.28. The van der Waals surface area contributed by atoms with Crippen molar-refractivity contribution < 1.29 is 18.7 Å². The van der Waals surface area contributed by atoms with Gasteiger partial charge in [0.25, 0.3) is 0 Å². The van der Waals surface area contributed by atoms with Gasteiger partial charge < -0.3 is 19.4 Å². The van der Waals surface area contributed by atoms with Crippen LogP contribution >= 0.6 is 0 Å². The summed E-state index contributed by atoms with van der Waals surface area (Å²) in [4.78, 5) is 27.5. The summed E-state index contributed by atoms with van der Waals surface area (Å²) >= 11 is 0. The minimum absolute atomic E-state index is 0.0691. The number of carbonyl (C=O) groups excluding carboxylic acids is 2. The number of ether oxygens (including phenoxy) is 1. The molecule has 0 saturated carbocycles. The smallest absolute Gasteiger partial charge is 0.242 e. The monoisotopic (exact) mass is 420 g/mol. The van der Waals surface area contributed by atoms with E-state index in [1.54, 1.807) is 37.3 Å². The van der Waals surface area contributed by atoms with E-state index < -0.39 is 6.04 Å². The molecule has 162 valence electrons. The van der Waals surface area contributed by atoms with E-state index in [0.29, 0.717) is 25.1 Å². The Bertz CT molecular complexity index is 953. The largest absolute Gasteiger partial charge is 0.497 e. The molecule has 6 nitrogen and oxygen atoms in total. The molecule has 0 aliphatic rings. The van der Waals surface area contributed by atoms with Crippen molar-refractivity contribution >= 4 is 11.8 Å². The van der Waals surface area contributed by atoms with Crippen molar-refractivity contribution in [3.63, 3.8) is 0 Å². The zero-order valence-corrected chi connectivity index (χ0v) is 17.9. The second kappa shape index (κ2) is 11.0. The molecular weight excluding hydrogens is 392 g/mol. The maximum absolute atomic E-state index is 13.1. The van der Waals surface area contributed by atoms with Crippen LogP contribution in [0.4, 0.5) is 0 Å². The Morgan fingerprint density at radius 3 is 2.39 bits per heavy atom. The second-order valence-electron chi connectivity index (χ2n) is 7.33. The van der Waals surface area contributed by atoms with Crippen LogP contribution in [0, 0.1) is 0 Å². The molecule has 0 aliphatic heterocycles. The number of carbonyl (C=O) groups is 2. The van der Waals surface area contributed by atoms with Gasteiger partial charge in [0.1, 0.15) is 17.6 Å². The zero-order chi connectivity index (χ0) is 22.1. The number of hydrogen-bond donors (Lipinski definition) is 1. The Kier molecular flexibility index (Phi) is 7.87. The highest BCUT2D eigenvalue weighted by Crippen LogP contribution is 2.16. The summed E-state index contributed by atoms with van der Waals surface area (Å²) in [6.07, 6.45) is 2.52. The topological polar surface area (TPSA) is 71.8 Å². The molecule has 0 fully saturated rings. The molecule has 0 radical (unpaired) electrons. The Morgan fingerprint density at radius 2 is 1.74 bits per heavy atom. The Labute approximate surface area is 182 Å². The molecule has 1 aromatic heterocycles. The van der Waals surface area contributed by atoms with Crippen molar-refractivity contribution in [2.24, 2.45) is 0 Å². The quantitative estimate of drug-likeness (QED) is 0.539. The molecule has 1 atom stereocenters. The summed E-state index contributed by atoms with van der Waals surface area (Å²) in [5.41, 5.74) is 2.02. The SMILES string of the molecule is COc1ccc(CN(C(=O)CCc2ccccc2)C(C)C(=O)NCc2ccco2)cc1. The fraction of sp³-hybridized carbons (Fsp3) is 0.280. The van der Waals surface area contributed by atoms with Gasteiger partial charge in [0, 0.05) is 13.0 Å². The van der Waals surface area contributed by atoms with Gasteiger partial charge in [0.15, 0.2) is 0 Å². The molecule has 0 bridgehead atoms. The van der Waals surface area contributed by atoms with Crippen LogP contribution in [-0.4, -0.2) is 29.9 Å². The minimum atomic E-state index is -0.625.